The molecular weight excluding hydrogens is 248 g/mol. The molecule has 2 aromatic carbocycles. The van der Waals surface area contributed by atoms with E-state index in [0.29, 0.717) is 6.54 Å². The van der Waals surface area contributed by atoms with Crippen LogP contribution in [0.25, 0.3) is 0 Å². The van der Waals surface area contributed by atoms with Crippen LogP contribution in [-0.4, -0.2) is 19.0 Å². The minimum atomic E-state index is 0.0826. The van der Waals surface area contributed by atoms with E-state index in [0.717, 1.165) is 29.9 Å². The highest BCUT2D eigenvalue weighted by Gasteiger charge is 2.22. The van der Waals surface area contributed by atoms with Crippen molar-refractivity contribution < 1.29 is 4.79 Å². The summed E-state index contributed by atoms with van der Waals surface area (Å²) in [5, 5.41) is 3.36. The monoisotopic (exact) mass is 266 g/mol. The highest BCUT2D eigenvalue weighted by atomic mass is 16.2. The number of anilines is 1. The van der Waals surface area contributed by atoms with Gasteiger partial charge in [-0.15, -0.1) is 0 Å². The number of fused-ring (bicyclic) bond motifs is 1. The van der Waals surface area contributed by atoms with Gasteiger partial charge in [0.1, 0.15) is 0 Å². The minimum Gasteiger partial charge on any atom is -0.311 e. The van der Waals surface area contributed by atoms with Gasteiger partial charge in [-0.1, -0.05) is 36.4 Å². The van der Waals surface area contributed by atoms with E-state index < -0.39 is 0 Å². The molecule has 1 aliphatic heterocycles. The Morgan fingerprint density at radius 1 is 1.10 bits per heavy atom. The maximum Gasteiger partial charge on any atom is 0.258 e. The van der Waals surface area contributed by atoms with E-state index in [4.69, 9.17) is 0 Å². The van der Waals surface area contributed by atoms with Crippen molar-refractivity contribution in [3.8, 4) is 0 Å². The van der Waals surface area contributed by atoms with Gasteiger partial charge in [0, 0.05) is 30.9 Å². The number of carbonyl (C=O) groups excluding carboxylic acids is 1. The Bertz CT molecular complexity index is 636. The predicted molar refractivity (Wildman–Crippen MR) is 81.0 cm³/mol. The lowest BCUT2D eigenvalue weighted by Gasteiger charge is -2.23. The van der Waals surface area contributed by atoms with Crippen LogP contribution in [-0.2, 0) is 6.54 Å². The molecule has 0 saturated heterocycles. The number of hydrogen-bond acceptors (Lipinski definition) is 2. The molecule has 1 amide bonds. The minimum absolute atomic E-state index is 0.0826. The molecule has 0 aliphatic carbocycles. The molecule has 1 heterocycles. The molecule has 3 rings (SSSR count). The number of aryl methyl sites for hydroxylation is 1. The van der Waals surface area contributed by atoms with Gasteiger partial charge in [0.25, 0.3) is 5.91 Å². The van der Waals surface area contributed by atoms with Crippen molar-refractivity contribution in [1.29, 1.82) is 0 Å². The molecule has 1 aliphatic rings. The molecule has 1 N–H and O–H groups in total. The number of carbonyl (C=O) groups is 1. The van der Waals surface area contributed by atoms with Crippen molar-refractivity contribution in [2.45, 2.75) is 13.5 Å². The topological polar surface area (TPSA) is 32.3 Å². The highest BCUT2D eigenvalue weighted by Crippen LogP contribution is 2.24. The zero-order valence-electron chi connectivity index (χ0n) is 11.6. The van der Waals surface area contributed by atoms with Crippen LogP contribution in [0, 0.1) is 6.92 Å². The first-order chi connectivity index (χ1) is 9.77. The second kappa shape index (κ2) is 5.47. The molecule has 0 fully saturated rings. The first-order valence-electron chi connectivity index (χ1n) is 6.93. The summed E-state index contributed by atoms with van der Waals surface area (Å²) in [6, 6.07) is 15.9. The van der Waals surface area contributed by atoms with E-state index in [1.165, 1.54) is 5.56 Å². The second-order valence-electron chi connectivity index (χ2n) is 5.08. The van der Waals surface area contributed by atoms with Gasteiger partial charge in [-0.05, 0) is 30.2 Å². The summed E-state index contributed by atoms with van der Waals surface area (Å²) in [7, 11) is 0. The van der Waals surface area contributed by atoms with Crippen LogP contribution in [0.4, 0.5) is 5.69 Å². The summed E-state index contributed by atoms with van der Waals surface area (Å²) >= 11 is 0. The number of nitrogens with one attached hydrogen (secondary N) is 1. The number of benzene rings is 2. The summed E-state index contributed by atoms with van der Waals surface area (Å²) in [5.74, 6) is 0.0826. The fourth-order valence-electron chi connectivity index (χ4n) is 2.63. The van der Waals surface area contributed by atoms with Crippen molar-refractivity contribution >= 4 is 11.6 Å². The Balaban J connectivity index is 2.02. The quantitative estimate of drug-likeness (QED) is 0.860. The summed E-state index contributed by atoms with van der Waals surface area (Å²) in [6.07, 6.45) is 0. The lowest BCUT2D eigenvalue weighted by molar-refractivity contribution is 0.0987. The molecule has 2 aromatic rings. The molecular formula is C17H18N2O. The van der Waals surface area contributed by atoms with Crippen LogP contribution in [0.5, 0.6) is 0 Å². The van der Waals surface area contributed by atoms with Gasteiger partial charge >= 0.3 is 0 Å². The molecule has 0 saturated carbocycles. The Hall–Kier alpha value is -2.13. The van der Waals surface area contributed by atoms with Crippen molar-refractivity contribution in [3.63, 3.8) is 0 Å². The molecule has 3 heteroatoms. The van der Waals surface area contributed by atoms with Crippen molar-refractivity contribution in [2.24, 2.45) is 0 Å². The number of rotatable bonds is 1. The van der Waals surface area contributed by atoms with Gasteiger partial charge in [0.05, 0.1) is 0 Å². The lowest BCUT2D eigenvalue weighted by atomic mass is 10.1. The zero-order chi connectivity index (χ0) is 13.9. The summed E-state index contributed by atoms with van der Waals surface area (Å²) in [4.78, 5) is 14.7. The lowest BCUT2D eigenvalue weighted by Crippen LogP contribution is -2.35. The van der Waals surface area contributed by atoms with Gasteiger partial charge in [-0.2, -0.15) is 0 Å². The van der Waals surface area contributed by atoms with Gasteiger partial charge in [-0.3, -0.25) is 4.79 Å². The largest absolute Gasteiger partial charge is 0.311 e. The van der Waals surface area contributed by atoms with Crippen LogP contribution < -0.4 is 10.2 Å². The van der Waals surface area contributed by atoms with E-state index in [1.807, 2.05) is 54.3 Å². The van der Waals surface area contributed by atoms with Gasteiger partial charge in [-0.25, -0.2) is 0 Å². The van der Waals surface area contributed by atoms with E-state index in [2.05, 4.69) is 11.4 Å². The average Bonchev–Trinajstić information content (AvgIpc) is 2.69. The normalized spacial score (nSPS) is 14.6. The SMILES string of the molecule is Cc1ccccc1C(=O)N1CCNCc2ccccc21. The molecule has 0 radical (unpaired) electrons. The van der Waals surface area contributed by atoms with Gasteiger partial charge in [0.2, 0.25) is 0 Å². The summed E-state index contributed by atoms with van der Waals surface area (Å²) < 4.78 is 0. The molecule has 3 nitrogen and oxygen atoms in total. The number of nitrogens with zero attached hydrogens (tertiary/aromatic N) is 1. The summed E-state index contributed by atoms with van der Waals surface area (Å²) in [5.41, 5.74) is 3.99. The first kappa shape index (κ1) is 12.9. The maximum absolute atomic E-state index is 12.8. The fraction of sp³-hybridized carbons (Fsp3) is 0.235. The Kier molecular flexibility index (Phi) is 3.52. The molecule has 0 spiro atoms. The Morgan fingerprint density at radius 2 is 1.85 bits per heavy atom. The van der Waals surface area contributed by atoms with E-state index in [1.54, 1.807) is 0 Å². The molecule has 0 atom stereocenters. The predicted octanol–water partition coefficient (Wildman–Crippen LogP) is 2.75. The number of para-hydroxylation sites is 1. The molecule has 0 bridgehead atoms. The van der Waals surface area contributed by atoms with Crippen LogP contribution in [0.2, 0.25) is 0 Å². The molecule has 102 valence electrons. The Labute approximate surface area is 119 Å². The third kappa shape index (κ3) is 2.32. The summed E-state index contributed by atoms with van der Waals surface area (Å²) in [6.45, 7) is 4.30. The first-order valence-corrected chi connectivity index (χ1v) is 6.93. The Morgan fingerprint density at radius 3 is 2.70 bits per heavy atom. The number of amides is 1. The van der Waals surface area contributed by atoms with Crippen LogP contribution >= 0.6 is 0 Å². The van der Waals surface area contributed by atoms with Crippen molar-refractivity contribution in [2.75, 3.05) is 18.0 Å². The molecule has 0 unspecified atom stereocenters. The van der Waals surface area contributed by atoms with Crippen LogP contribution in [0.3, 0.4) is 0 Å². The highest BCUT2D eigenvalue weighted by molar-refractivity contribution is 6.07. The second-order valence-corrected chi connectivity index (χ2v) is 5.08. The van der Waals surface area contributed by atoms with Crippen molar-refractivity contribution in [1.82, 2.24) is 5.32 Å². The maximum atomic E-state index is 12.8. The number of hydrogen-bond donors (Lipinski definition) is 1. The van der Waals surface area contributed by atoms with Crippen LogP contribution in [0.1, 0.15) is 21.5 Å². The fourth-order valence-corrected chi connectivity index (χ4v) is 2.63. The zero-order valence-corrected chi connectivity index (χ0v) is 11.6. The van der Waals surface area contributed by atoms with Crippen molar-refractivity contribution in [3.05, 3.63) is 65.2 Å². The van der Waals surface area contributed by atoms with Gasteiger partial charge < -0.3 is 10.2 Å². The molecule has 0 aromatic heterocycles. The van der Waals surface area contributed by atoms with Gasteiger partial charge in [0.15, 0.2) is 0 Å². The average molecular weight is 266 g/mol. The standard InChI is InChI=1S/C17H18N2O/c1-13-6-2-4-8-15(13)17(20)19-11-10-18-12-14-7-3-5-9-16(14)19/h2-9,18H,10-12H2,1H3. The van der Waals surface area contributed by atoms with E-state index in [9.17, 15) is 4.79 Å². The third-order valence-corrected chi connectivity index (χ3v) is 3.73. The molecule has 20 heavy (non-hydrogen) atoms. The third-order valence-electron chi connectivity index (χ3n) is 3.73. The smallest absolute Gasteiger partial charge is 0.258 e. The van der Waals surface area contributed by atoms with E-state index >= 15 is 0 Å². The van der Waals surface area contributed by atoms with E-state index in [-0.39, 0.29) is 5.91 Å². The van der Waals surface area contributed by atoms with Crippen LogP contribution in [0.15, 0.2) is 48.5 Å².